The standard InChI is InChI=1S/C15H17NO3/c1-11(2)10-19-15(17)13(9-16)7-12-5-4-6-14(8-12)18-3/h4-8,11H,10H2,1-3H3/b13-7+. The van der Waals surface area contributed by atoms with Gasteiger partial charge in [-0.2, -0.15) is 5.26 Å². The normalized spacial score (nSPS) is 11.0. The molecule has 0 unspecified atom stereocenters. The van der Waals surface area contributed by atoms with Crippen LogP contribution in [-0.2, 0) is 9.53 Å². The molecule has 0 aromatic heterocycles. The average Bonchev–Trinajstić information content (AvgIpc) is 2.42. The second-order valence-corrected chi connectivity index (χ2v) is 4.44. The lowest BCUT2D eigenvalue weighted by Gasteiger charge is -2.06. The number of nitriles is 1. The van der Waals surface area contributed by atoms with Crippen molar-refractivity contribution in [3.8, 4) is 11.8 Å². The van der Waals surface area contributed by atoms with E-state index in [1.165, 1.54) is 6.08 Å². The highest BCUT2D eigenvalue weighted by molar-refractivity contribution is 5.97. The summed E-state index contributed by atoms with van der Waals surface area (Å²) in [4.78, 5) is 11.7. The van der Waals surface area contributed by atoms with Gasteiger partial charge < -0.3 is 9.47 Å². The SMILES string of the molecule is COc1cccc(/C=C(\C#N)C(=O)OCC(C)C)c1. The lowest BCUT2D eigenvalue weighted by Crippen LogP contribution is -2.11. The van der Waals surface area contributed by atoms with E-state index < -0.39 is 5.97 Å². The Kier molecular flexibility index (Phi) is 5.62. The van der Waals surface area contributed by atoms with Crippen LogP contribution in [0.25, 0.3) is 6.08 Å². The van der Waals surface area contributed by atoms with Crippen molar-refractivity contribution in [1.29, 1.82) is 5.26 Å². The van der Waals surface area contributed by atoms with Crippen molar-refractivity contribution in [2.75, 3.05) is 13.7 Å². The number of carbonyl (C=O) groups is 1. The molecule has 0 heterocycles. The van der Waals surface area contributed by atoms with Crippen LogP contribution in [0.5, 0.6) is 5.75 Å². The van der Waals surface area contributed by atoms with Gasteiger partial charge >= 0.3 is 5.97 Å². The van der Waals surface area contributed by atoms with E-state index in [1.807, 2.05) is 19.9 Å². The number of hydrogen-bond donors (Lipinski definition) is 0. The molecular formula is C15H17NO3. The Morgan fingerprint density at radius 2 is 2.21 bits per heavy atom. The monoisotopic (exact) mass is 259 g/mol. The van der Waals surface area contributed by atoms with Crippen molar-refractivity contribution in [2.24, 2.45) is 5.92 Å². The Bertz CT molecular complexity index is 512. The van der Waals surface area contributed by atoms with Crippen LogP contribution in [0.3, 0.4) is 0 Å². The van der Waals surface area contributed by atoms with Crippen molar-refractivity contribution in [3.05, 3.63) is 35.4 Å². The summed E-state index contributed by atoms with van der Waals surface area (Å²) >= 11 is 0. The van der Waals surface area contributed by atoms with Gasteiger partial charge in [-0.15, -0.1) is 0 Å². The maximum Gasteiger partial charge on any atom is 0.348 e. The van der Waals surface area contributed by atoms with Gasteiger partial charge in [0.2, 0.25) is 0 Å². The Hall–Kier alpha value is -2.28. The largest absolute Gasteiger partial charge is 0.497 e. The lowest BCUT2D eigenvalue weighted by atomic mass is 10.1. The van der Waals surface area contributed by atoms with Crippen molar-refractivity contribution in [2.45, 2.75) is 13.8 Å². The molecular weight excluding hydrogens is 242 g/mol. The Balaban J connectivity index is 2.86. The number of nitrogens with zero attached hydrogens (tertiary/aromatic N) is 1. The Labute approximate surface area is 113 Å². The van der Waals surface area contributed by atoms with Gasteiger partial charge in [-0.3, -0.25) is 0 Å². The second-order valence-electron chi connectivity index (χ2n) is 4.44. The Morgan fingerprint density at radius 1 is 1.47 bits per heavy atom. The smallest absolute Gasteiger partial charge is 0.348 e. The second kappa shape index (κ2) is 7.22. The number of benzene rings is 1. The molecule has 1 aromatic rings. The van der Waals surface area contributed by atoms with Crippen molar-refractivity contribution >= 4 is 12.0 Å². The number of ether oxygens (including phenoxy) is 2. The van der Waals surface area contributed by atoms with Gasteiger partial charge in [0, 0.05) is 0 Å². The molecule has 4 nitrogen and oxygen atoms in total. The number of methoxy groups -OCH3 is 1. The van der Waals surface area contributed by atoms with Gasteiger partial charge in [0.15, 0.2) is 0 Å². The fourth-order valence-electron chi connectivity index (χ4n) is 1.35. The Morgan fingerprint density at radius 3 is 2.79 bits per heavy atom. The highest BCUT2D eigenvalue weighted by Crippen LogP contribution is 2.15. The first-order chi connectivity index (χ1) is 9.06. The van der Waals surface area contributed by atoms with E-state index in [4.69, 9.17) is 14.7 Å². The van der Waals surface area contributed by atoms with E-state index in [1.54, 1.807) is 31.4 Å². The quantitative estimate of drug-likeness (QED) is 0.463. The van der Waals surface area contributed by atoms with Crippen molar-refractivity contribution in [1.82, 2.24) is 0 Å². The molecule has 100 valence electrons. The molecule has 0 spiro atoms. The lowest BCUT2D eigenvalue weighted by molar-refractivity contribution is -0.139. The fourth-order valence-corrected chi connectivity index (χ4v) is 1.35. The van der Waals surface area contributed by atoms with Gasteiger partial charge in [-0.05, 0) is 29.7 Å². The maximum atomic E-state index is 11.7. The van der Waals surface area contributed by atoms with E-state index >= 15 is 0 Å². The van der Waals surface area contributed by atoms with E-state index in [0.717, 1.165) is 5.56 Å². The van der Waals surface area contributed by atoms with Crippen LogP contribution in [0.1, 0.15) is 19.4 Å². The molecule has 19 heavy (non-hydrogen) atoms. The van der Waals surface area contributed by atoms with Crippen LogP contribution in [0.15, 0.2) is 29.8 Å². The van der Waals surface area contributed by atoms with Crippen LogP contribution < -0.4 is 4.74 Å². The summed E-state index contributed by atoms with van der Waals surface area (Å²) in [6, 6.07) is 8.97. The summed E-state index contributed by atoms with van der Waals surface area (Å²) in [6.07, 6.45) is 1.49. The summed E-state index contributed by atoms with van der Waals surface area (Å²) in [5.74, 6) is 0.307. The fraction of sp³-hybridized carbons (Fsp3) is 0.333. The molecule has 0 saturated heterocycles. The van der Waals surface area contributed by atoms with Gasteiger partial charge in [0.25, 0.3) is 0 Å². The summed E-state index contributed by atoms with van der Waals surface area (Å²) in [7, 11) is 1.56. The third-order valence-electron chi connectivity index (χ3n) is 2.29. The van der Waals surface area contributed by atoms with E-state index in [2.05, 4.69) is 0 Å². The molecule has 0 saturated carbocycles. The molecule has 0 N–H and O–H groups in total. The minimum atomic E-state index is -0.598. The first-order valence-corrected chi connectivity index (χ1v) is 5.99. The summed E-state index contributed by atoms with van der Waals surface area (Å²) in [5.41, 5.74) is 0.700. The number of rotatable bonds is 5. The summed E-state index contributed by atoms with van der Waals surface area (Å²) in [5, 5.41) is 9.00. The summed E-state index contributed by atoms with van der Waals surface area (Å²) < 4.78 is 10.1. The molecule has 0 aliphatic carbocycles. The highest BCUT2D eigenvalue weighted by atomic mass is 16.5. The van der Waals surface area contributed by atoms with Gasteiger partial charge in [-0.1, -0.05) is 26.0 Å². The molecule has 0 bridgehead atoms. The van der Waals surface area contributed by atoms with Crippen molar-refractivity contribution in [3.63, 3.8) is 0 Å². The predicted molar refractivity (Wildman–Crippen MR) is 72.4 cm³/mol. The van der Waals surface area contributed by atoms with Gasteiger partial charge in [0.05, 0.1) is 13.7 Å². The molecule has 1 aromatic carbocycles. The third kappa shape index (κ3) is 4.84. The first-order valence-electron chi connectivity index (χ1n) is 5.99. The molecule has 1 rings (SSSR count). The zero-order valence-electron chi connectivity index (χ0n) is 11.3. The van der Waals surface area contributed by atoms with Crippen LogP contribution in [-0.4, -0.2) is 19.7 Å². The predicted octanol–water partition coefficient (Wildman–Crippen LogP) is 2.80. The number of hydrogen-bond acceptors (Lipinski definition) is 4. The first kappa shape index (κ1) is 14.8. The van der Waals surface area contributed by atoms with Crippen LogP contribution in [0.2, 0.25) is 0 Å². The maximum absolute atomic E-state index is 11.7. The van der Waals surface area contributed by atoms with Gasteiger partial charge in [0.1, 0.15) is 17.4 Å². The summed E-state index contributed by atoms with van der Waals surface area (Å²) in [6.45, 7) is 4.17. The van der Waals surface area contributed by atoms with Crippen LogP contribution >= 0.6 is 0 Å². The zero-order valence-corrected chi connectivity index (χ0v) is 11.3. The molecule has 0 amide bonds. The average molecular weight is 259 g/mol. The number of carbonyl (C=O) groups excluding carboxylic acids is 1. The van der Waals surface area contributed by atoms with Crippen LogP contribution in [0, 0.1) is 17.2 Å². The third-order valence-corrected chi connectivity index (χ3v) is 2.29. The van der Waals surface area contributed by atoms with Gasteiger partial charge in [-0.25, -0.2) is 4.79 Å². The minimum absolute atomic E-state index is 0.0195. The highest BCUT2D eigenvalue weighted by Gasteiger charge is 2.11. The molecule has 4 heteroatoms. The van der Waals surface area contributed by atoms with E-state index in [-0.39, 0.29) is 11.5 Å². The molecule has 0 atom stereocenters. The molecule has 0 aliphatic rings. The van der Waals surface area contributed by atoms with E-state index in [9.17, 15) is 4.79 Å². The molecule has 0 radical (unpaired) electrons. The van der Waals surface area contributed by atoms with Crippen molar-refractivity contribution < 1.29 is 14.3 Å². The zero-order chi connectivity index (χ0) is 14.3. The minimum Gasteiger partial charge on any atom is -0.497 e. The molecule has 0 aliphatic heterocycles. The van der Waals surface area contributed by atoms with Crippen LogP contribution in [0.4, 0.5) is 0 Å². The van der Waals surface area contributed by atoms with E-state index in [0.29, 0.717) is 12.4 Å². The topological polar surface area (TPSA) is 59.3 Å². The number of esters is 1. The molecule has 0 fully saturated rings.